The van der Waals surface area contributed by atoms with Gasteiger partial charge in [0, 0.05) is 50.6 Å². The fraction of sp³-hybridized carbons (Fsp3) is 0.933. The zero-order valence-corrected chi connectivity index (χ0v) is 13.6. The van der Waals surface area contributed by atoms with E-state index in [1.54, 1.807) is 0 Å². The Bertz CT molecular complexity index is 349. The highest BCUT2D eigenvalue weighted by molar-refractivity contribution is 7.99. The third-order valence-corrected chi connectivity index (χ3v) is 6.19. The molecule has 1 amide bonds. The lowest BCUT2D eigenvalue weighted by Crippen LogP contribution is -2.55. The largest absolute Gasteiger partial charge is 0.339 e. The van der Waals surface area contributed by atoms with E-state index < -0.39 is 0 Å². The highest BCUT2D eigenvalue weighted by Gasteiger charge is 2.38. The molecule has 3 fully saturated rings. The first kappa shape index (κ1) is 14.7. The minimum atomic E-state index is 0.164. The second-order valence-corrected chi connectivity index (χ2v) is 7.67. The van der Waals surface area contributed by atoms with Gasteiger partial charge in [-0.2, -0.15) is 11.8 Å². The van der Waals surface area contributed by atoms with E-state index in [0.717, 1.165) is 45.2 Å². The van der Waals surface area contributed by atoms with Crippen molar-refractivity contribution in [1.82, 2.24) is 14.7 Å². The maximum absolute atomic E-state index is 12.5. The van der Waals surface area contributed by atoms with E-state index in [4.69, 9.17) is 0 Å². The molecule has 0 radical (unpaired) electrons. The molecule has 5 heteroatoms. The number of amides is 1. The number of rotatable bonds is 3. The lowest BCUT2D eigenvalue weighted by Gasteiger charge is -2.39. The third-order valence-electron chi connectivity index (χ3n) is 5.05. The molecule has 114 valence electrons. The van der Waals surface area contributed by atoms with Crippen LogP contribution in [0.25, 0.3) is 0 Å². The van der Waals surface area contributed by atoms with Gasteiger partial charge in [0.05, 0.1) is 6.04 Å². The van der Waals surface area contributed by atoms with Crippen molar-refractivity contribution < 1.29 is 4.79 Å². The van der Waals surface area contributed by atoms with Crippen LogP contribution in [0.2, 0.25) is 0 Å². The van der Waals surface area contributed by atoms with Crippen molar-refractivity contribution in [3.05, 3.63) is 0 Å². The monoisotopic (exact) mass is 297 g/mol. The Morgan fingerprint density at radius 3 is 2.30 bits per heavy atom. The smallest absolute Gasteiger partial charge is 0.240 e. The highest BCUT2D eigenvalue weighted by Crippen LogP contribution is 2.25. The zero-order chi connectivity index (χ0) is 14.1. The van der Waals surface area contributed by atoms with E-state index in [1.165, 1.54) is 17.9 Å². The Kier molecular flexibility index (Phi) is 4.58. The average Bonchev–Trinajstić information content (AvgIpc) is 3.08. The van der Waals surface area contributed by atoms with Crippen LogP contribution in [-0.4, -0.2) is 83.0 Å². The van der Waals surface area contributed by atoms with Crippen LogP contribution in [0.15, 0.2) is 0 Å². The molecule has 4 nitrogen and oxygen atoms in total. The number of carbonyl (C=O) groups is 1. The molecule has 0 aromatic heterocycles. The Morgan fingerprint density at radius 1 is 1.05 bits per heavy atom. The predicted octanol–water partition coefficient (Wildman–Crippen LogP) is 1.12. The summed E-state index contributed by atoms with van der Waals surface area (Å²) in [5.41, 5.74) is 0. The summed E-state index contributed by atoms with van der Waals surface area (Å²) in [5, 5.41) is 0. The van der Waals surface area contributed by atoms with Crippen molar-refractivity contribution in [2.24, 2.45) is 0 Å². The molecule has 0 bridgehead atoms. The molecule has 3 saturated heterocycles. The highest BCUT2D eigenvalue weighted by atomic mass is 32.2. The Hall–Kier alpha value is -0.260. The first-order chi connectivity index (χ1) is 9.66. The van der Waals surface area contributed by atoms with Gasteiger partial charge in [-0.1, -0.05) is 0 Å². The van der Waals surface area contributed by atoms with Crippen molar-refractivity contribution in [2.45, 2.75) is 44.8 Å². The molecule has 0 spiro atoms. The first-order valence-electron chi connectivity index (χ1n) is 8.03. The number of hydrogen-bond donors (Lipinski definition) is 0. The summed E-state index contributed by atoms with van der Waals surface area (Å²) in [7, 11) is 0. The molecule has 3 aliphatic rings. The van der Waals surface area contributed by atoms with Gasteiger partial charge in [0.1, 0.15) is 0 Å². The minimum Gasteiger partial charge on any atom is -0.339 e. The summed E-state index contributed by atoms with van der Waals surface area (Å²) in [6, 6.07) is 1.32. The summed E-state index contributed by atoms with van der Waals surface area (Å²) in [5.74, 6) is 3.00. The van der Waals surface area contributed by atoms with Gasteiger partial charge < -0.3 is 4.90 Å². The fourth-order valence-corrected chi connectivity index (χ4v) is 5.02. The number of hydrogen-bond acceptors (Lipinski definition) is 4. The van der Waals surface area contributed by atoms with E-state index in [1.807, 2.05) is 4.90 Å². The lowest BCUT2D eigenvalue weighted by atomic mass is 10.1. The average molecular weight is 297 g/mol. The second-order valence-electron chi connectivity index (χ2n) is 6.52. The van der Waals surface area contributed by atoms with Gasteiger partial charge in [-0.25, -0.2) is 0 Å². The van der Waals surface area contributed by atoms with E-state index in [2.05, 4.69) is 35.4 Å². The minimum absolute atomic E-state index is 0.164. The molecular formula is C15H27N3OS. The van der Waals surface area contributed by atoms with E-state index in [9.17, 15) is 4.79 Å². The summed E-state index contributed by atoms with van der Waals surface area (Å²) < 4.78 is 0. The SMILES string of the molecule is CC(C)N1CC[C@H](N2CCN([C@@H]3CCSC3)CC2)C1=O. The standard InChI is InChI=1S/C15H27N3OS/c1-12(2)18-5-3-14(15(18)19)17-8-6-16(7-9-17)13-4-10-20-11-13/h12-14H,3-11H2,1-2H3/t13-,14+/m1/s1. The Labute approximate surface area is 126 Å². The van der Waals surface area contributed by atoms with Crippen molar-refractivity contribution >= 4 is 17.7 Å². The molecule has 20 heavy (non-hydrogen) atoms. The van der Waals surface area contributed by atoms with Gasteiger partial charge in [-0.05, 0) is 32.4 Å². The van der Waals surface area contributed by atoms with Gasteiger partial charge in [-0.3, -0.25) is 14.6 Å². The van der Waals surface area contributed by atoms with E-state index in [-0.39, 0.29) is 6.04 Å². The van der Waals surface area contributed by atoms with Crippen LogP contribution in [0.4, 0.5) is 0 Å². The predicted molar refractivity (Wildman–Crippen MR) is 84.1 cm³/mol. The first-order valence-corrected chi connectivity index (χ1v) is 9.18. The lowest BCUT2D eigenvalue weighted by molar-refractivity contribution is -0.134. The maximum Gasteiger partial charge on any atom is 0.240 e. The number of likely N-dealkylation sites (tertiary alicyclic amines) is 1. The number of carbonyl (C=O) groups excluding carboxylic acids is 1. The second kappa shape index (κ2) is 6.24. The summed E-state index contributed by atoms with van der Waals surface area (Å²) in [6.07, 6.45) is 2.38. The molecule has 0 aromatic rings. The van der Waals surface area contributed by atoms with Gasteiger partial charge >= 0.3 is 0 Å². The number of piperazine rings is 1. The van der Waals surface area contributed by atoms with E-state index in [0.29, 0.717) is 11.9 Å². The van der Waals surface area contributed by atoms with Crippen molar-refractivity contribution in [1.29, 1.82) is 0 Å². The van der Waals surface area contributed by atoms with E-state index >= 15 is 0 Å². The molecular weight excluding hydrogens is 270 g/mol. The van der Waals surface area contributed by atoms with Crippen molar-refractivity contribution in [2.75, 3.05) is 44.2 Å². The van der Waals surface area contributed by atoms with Gasteiger partial charge in [-0.15, -0.1) is 0 Å². The molecule has 3 rings (SSSR count). The van der Waals surface area contributed by atoms with Gasteiger partial charge in [0.2, 0.25) is 5.91 Å². The van der Waals surface area contributed by atoms with Crippen LogP contribution in [0.1, 0.15) is 26.7 Å². The molecule has 0 aliphatic carbocycles. The van der Waals surface area contributed by atoms with Gasteiger partial charge in [0.25, 0.3) is 0 Å². The Morgan fingerprint density at radius 2 is 1.75 bits per heavy atom. The van der Waals surface area contributed by atoms with Crippen LogP contribution >= 0.6 is 11.8 Å². The molecule has 0 unspecified atom stereocenters. The molecule has 3 heterocycles. The molecule has 2 atom stereocenters. The summed E-state index contributed by atoms with van der Waals surface area (Å²) in [4.78, 5) is 19.6. The topological polar surface area (TPSA) is 26.8 Å². The summed E-state index contributed by atoms with van der Waals surface area (Å²) >= 11 is 2.09. The molecule has 0 N–H and O–H groups in total. The summed E-state index contributed by atoms with van der Waals surface area (Å²) in [6.45, 7) is 9.63. The number of thioether (sulfide) groups is 1. The van der Waals surface area contributed by atoms with Crippen LogP contribution in [-0.2, 0) is 4.79 Å². The normalized spacial score (nSPS) is 33.5. The van der Waals surface area contributed by atoms with Crippen LogP contribution in [0.3, 0.4) is 0 Å². The third kappa shape index (κ3) is 2.85. The molecule has 0 aromatic carbocycles. The fourth-order valence-electron chi connectivity index (χ4n) is 3.76. The van der Waals surface area contributed by atoms with Crippen LogP contribution < -0.4 is 0 Å². The van der Waals surface area contributed by atoms with Crippen molar-refractivity contribution in [3.8, 4) is 0 Å². The van der Waals surface area contributed by atoms with Crippen LogP contribution in [0.5, 0.6) is 0 Å². The maximum atomic E-state index is 12.5. The van der Waals surface area contributed by atoms with Crippen molar-refractivity contribution in [3.63, 3.8) is 0 Å². The van der Waals surface area contributed by atoms with Crippen LogP contribution in [0, 0.1) is 0 Å². The number of nitrogens with zero attached hydrogens (tertiary/aromatic N) is 3. The molecule has 0 saturated carbocycles. The molecule has 3 aliphatic heterocycles. The van der Waals surface area contributed by atoms with Gasteiger partial charge in [0.15, 0.2) is 0 Å². The zero-order valence-electron chi connectivity index (χ0n) is 12.8. The Balaban J connectivity index is 1.52. The quantitative estimate of drug-likeness (QED) is 0.780.